The average molecular weight is 185 g/mol. The second-order valence-electron chi connectivity index (χ2n) is 2.91. The summed E-state index contributed by atoms with van der Waals surface area (Å²) >= 11 is 0. The van der Waals surface area contributed by atoms with Crippen LogP contribution in [-0.2, 0) is 4.79 Å². The Labute approximate surface area is 77.0 Å². The number of aliphatic hydroxyl groups excluding tert-OH is 1. The molecule has 0 atom stereocenters. The summed E-state index contributed by atoms with van der Waals surface area (Å²) in [7, 11) is 0. The van der Waals surface area contributed by atoms with Gasteiger partial charge in [0, 0.05) is 30.9 Å². The van der Waals surface area contributed by atoms with Gasteiger partial charge < -0.3 is 21.5 Å². The van der Waals surface area contributed by atoms with E-state index in [1.807, 2.05) is 0 Å². The minimum absolute atomic E-state index is 0.0493. The molecule has 0 aromatic heterocycles. The number of hydrogen-bond acceptors (Lipinski definition) is 4. The first-order valence-corrected chi connectivity index (χ1v) is 4.33. The van der Waals surface area contributed by atoms with Crippen molar-refractivity contribution in [3.05, 3.63) is 11.3 Å². The third kappa shape index (κ3) is 2.71. The zero-order chi connectivity index (χ0) is 9.68. The number of nitrogens with two attached hydrogens (primary N) is 1. The van der Waals surface area contributed by atoms with Gasteiger partial charge in [-0.2, -0.15) is 0 Å². The minimum Gasteiger partial charge on any atom is -0.402 e. The zero-order valence-electron chi connectivity index (χ0n) is 7.47. The summed E-state index contributed by atoms with van der Waals surface area (Å²) in [6.45, 7) is 1.56. The van der Waals surface area contributed by atoms with Crippen LogP contribution in [0, 0.1) is 0 Å². The third-order valence-electron chi connectivity index (χ3n) is 1.93. The van der Waals surface area contributed by atoms with Gasteiger partial charge in [-0.3, -0.25) is 4.79 Å². The number of carbonyl (C=O) groups excluding carboxylic acids is 1. The van der Waals surface area contributed by atoms with Gasteiger partial charge in [0.1, 0.15) is 0 Å². The molecule has 1 aliphatic rings. The van der Waals surface area contributed by atoms with E-state index in [2.05, 4.69) is 10.6 Å². The summed E-state index contributed by atoms with van der Waals surface area (Å²) in [5.41, 5.74) is 6.91. The predicted octanol–water partition coefficient (Wildman–Crippen LogP) is -1.70. The van der Waals surface area contributed by atoms with Crippen molar-refractivity contribution in [3.63, 3.8) is 0 Å². The minimum atomic E-state index is -0.182. The van der Waals surface area contributed by atoms with Crippen LogP contribution < -0.4 is 16.4 Å². The largest absolute Gasteiger partial charge is 0.402 e. The van der Waals surface area contributed by atoms with Crippen molar-refractivity contribution in [1.82, 2.24) is 10.6 Å². The van der Waals surface area contributed by atoms with E-state index < -0.39 is 0 Å². The highest BCUT2D eigenvalue weighted by atomic mass is 16.3. The van der Waals surface area contributed by atoms with Crippen LogP contribution in [0.5, 0.6) is 0 Å². The highest BCUT2D eigenvalue weighted by molar-refractivity contribution is 5.94. The Hall–Kier alpha value is -1.07. The van der Waals surface area contributed by atoms with E-state index >= 15 is 0 Å². The van der Waals surface area contributed by atoms with E-state index in [0.29, 0.717) is 24.2 Å². The summed E-state index contributed by atoms with van der Waals surface area (Å²) in [5.74, 6) is -0.182. The Kier molecular flexibility index (Phi) is 3.72. The van der Waals surface area contributed by atoms with Gasteiger partial charge in [0.05, 0.1) is 6.61 Å². The molecular formula is C8H15N3O2. The van der Waals surface area contributed by atoms with Crippen molar-refractivity contribution < 1.29 is 9.90 Å². The van der Waals surface area contributed by atoms with Crippen molar-refractivity contribution in [3.8, 4) is 0 Å². The fraction of sp³-hybridized carbons (Fsp3) is 0.625. The molecule has 5 nitrogen and oxygen atoms in total. The lowest BCUT2D eigenvalue weighted by Gasteiger charge is -2.17. The normalized spacial score (nSPS) is 17.3. The van der Waals surface area contributed by atoms with E-state index in [9.17, 15) is 4.79 Å². The summed E-state index contributed by atoms with van der Waals surface area (Å²) in [6.07, 6.45) is 0.710. The van der Waals surface area contributed by atoms with Crippen molar-refractivity contribution >= 4 is 5.91 Å². The lowest BCUT2D eigenvalue weighted by atomic mass is 10.1. The number of hydrogen-bond donors (Lipinski definition) is 4. The summed E-state index contributed by atoms with van der Waals surface area (Å²) in [5, 5.41) is 14.1. The Bertz CT molecular complexity index is 225. The maximum atomic E-state index is 11.4. The fourth-order valence-corrected chi connectivity index (χ4v) is 1.20. The molecule has 0 radical (unpaired) electrons. The summed E-state index contributed by atoms with van der Waals surface area (Å²) in [6, 6.07) is 0. The summed E-state index contributed by atoms with van der Waals surface area (Å²) in [4.78, 5) is 11.4. The van der Waals surface area contributed by atoms with Gasteiger partial charge in [0.2, 0.25) is 5.91 Å². The average Bonchev–Trinajstić information content (AvgIpc) is 2.15. The van der Waals surface area contributed by atoms with E-state index in [1.54, 1.807) is 0 Å². The van der Waals surface area contributed by atoms with Crippen LogP contribution in [0.4, 0.5) is 0 Å². The Morgan fingerprint density at radius 3 is 3.08 bits per heavy atom. The molecule has 0 unspecified atom stereocenters. The topological polar surface area (TPSA) is 87.4 Å². The number of nitrogens with one attached hydrogen (secondary N) is 2. The highest BCUT2D eigenvalue weighted by Gasteiger charge is 2.15. The molecule has 0 bridgehead atoms. The van der Waals surface area contributed by atoms with Gasteiger partial charge in [-0.25, -0.2) is 0 Å². The second-order valence-corrected chi connectivity index (χ2v) is 2.91. The van der Waals surface area contributed by atoms with Crippen LogP contribution in [0.25, 0.3) is 0 Å². The van der Waals surface area contributed by atoms with E-state index in [-0.39, 0.29) is 19.1 Å². The lowest BCUT2D eigenvalue weighted by Crippen LogP contribution is -2.37. The number of carbonyl (C=O) groups is 1. The zero-order valence-corrected chi connectivity index (χ0v) is 7.47. The molecule has 5 heteroatoms. The molecule has 0 spiro atoms. The predicted molar refractivity (Wildman–Crippen MR) is 48.8 cm³/mol. The number of rotatable bonds is 3. The Morgan fingerprint density at radius 1 is 1.69 bits per heavy atom. The third-order valence-corrected chi connectivity index (χ3v) is 1.93. The van der Waals surface area contributed by atoms with Gasteiger partial charge in [0.15, 0.2) is 0 Å². The van der Waals surface area contributed by atoms with Crippen LogP contribution in [0.3, 0.4) is 0 Å². The molecule has 13 heavy (non-hydrogen) atoms. The lowest BCUT2D eigenvalue weighted by molar-refractivity contribution is -0.117. The molecule has 0 aliphatic carbocycles. The smallest absolute Gasteiger partial charge is 0.250 e. The maximum Gasteiger partial charge on any atom is 0.250 e. The van der Waals surface area contributed by atoms with Crippen LogP contribution in [0.15, 0.2) is 11.3 Å². The van der Waals surface area contributed by atoms with E-state index in [4.69, 9.17) is 10.8 Å². The van der Waals surface area contributed by atoms with E-state index in [0.717, 1.165) is 6.54 Å². The first kappa shape index (κ1) is 10.0. The molecule has 0 saturated heterocycles. The van der Waals surface area contributed by atoms with Gasteiger partial charge >= 0.3 is 0 Å². The molecular weight excluding hydrogens is 170 g/mol. The molecule has 74 valence electrons. The number of aliphatic hydroxyl groups is 1. The highest BCUT2D eigenvalue weighted by Crippen LogP contribution is 2.06. The SMILES string of the molecule is NC1=C(C(=O)NCCO)CNCC1. The molecule has 0 aromatic carbocycles. The van der Waals surface area contributed by atoms with Crippen molar-refractivity contribution in [2.45, 2.75) is 6.42 Å². The number of amides is 1. The molecule has 1 rings (SSSR count). The second kappa shape index (κ2) is 4.84. The molecule has 1 heterocycles. The van der Waals surface area contributed by atoms with Crippen LogP contribution in [0.1, 0.15) is 6.42 Å². The fourth-order valence-electron chi connectivity index (χ4n) is 1.20. The Balaban J connectivity index is 2.53. The van der Waals surface area contributed by atoms with Crippen molar-refractivity contribution in [1.29, 1.82) is 0 Å². The molecule has 5 N–H and O–H groups in total. The molecule has 0 fully saturated rings. The van der Waals surface area contributed by atoms with Crippen LogP contribution in [-0.4, -0.2) is 37.3 Å². The standard InChI is InChI=1S/C8H15N3O2/c9-7-1-2-10-5-6(7)8(13)11-3-4-12/h10,12H,1-5,9H2,(H,11,13). The van der Waals surface area contributed by atoms with Gasteiger partial charge in [-0.15, -0.1) is 0 Å². The van der Waals surface area contributed by atoms with Gasteiger partial charge in [-0.05, 0) is 6.42 Å². The van der Waals surface area contributed by atoms with Crippen molar-refractivity contribution in [2.24, 2.45) is 5.73 Å². The molecule has 1 amide bonds. The monoisotopic (exact) mass is 185 g/mol. The quantitative estimate of drug-likeness (QED) is 0.422. The first-order valence-electron chi connectivity index (χ1n) is 4.33. The maximum absolute atomic E-state index is 11.4. The molecule has 0 saturated carbocycles. The first-order chi connectivity index (χ1) is 6.25. The van der Waals surface area contributed by atoms with Crippen molar-refractivity contribution in [2.75, 3.05) is 26.2 Å². The molecule has 0 aromatic rings. The molecule has 1 aliphatic heterocycles. The van der Waals surface area contributed by atoms with Crippen LogP contribution in [0.2, 0.25) is 0 Å². The van der Waals surface area contributed by atoms with Gasteiger partial charge in [-0.1, -0.05) is 0 Å². The summed E-state index contributed by atoms with van der Waals surface area (Å²) < 4.78 is 0. The van der Waals surface area contributed by atoms with Crippen LogP contribution >= 0.6 is 0 Å². The van der Waals surface area contributed by atoms with Gasteiger partial charge in [0.25, 0.3) is 0 Å². The van der Waals surface area contributed by atoms with E-state index in [1.165, 1.54) is 0 Å². The Morgan fingerprint density at radius 2 is 2.46 bits per heavy atom.